The molecule has 0 radical (unpaired) electrons. The Bertz CT molecular complexity index is 389. The van der Waals surface area contributed by atoms with E-state index in [0.29, 0.717) is 31.2 Å². The van der Waals surface area contributed by atoms with Crippen molar-refractivity contribution in [2.75, 3.05) is 37.0 Å². The first-order valence-corrected chi connectivity index (χ1v) is 6.06. The van der Waals surface area contributed by atoms with E-state index in [-0.39, 0.29) is 5.28 Å². The van der Waals surface area contributed by atoms with Crippen molar-refractivity contribution in [2.45, 2.75) is 19.4 Å². The minimum Gasteiger partial charge on any atom is -0.377 e. The lowest BCUT2D eigenvalue weighted by molar-refractivity contribution is 0.0921. The molecule has 1 saturated heterocycles. The summed E-state index contributed by atoms with van der Waals surface area (Å²) in [5.74, 6) is 1.10. The number of halogens is 1. The maximum atomic E-state index is 5.88. The predicted octanol–water partition coefficient (Wildman–Crippen LogP) is 1.18. The van der Waals surface area contributed by atoms with Gasteiger partial charge in [0, 0.05) is 13.6 Å². The Balaban J connectivity index is 2.27. The van der Waals surface area contributed by atoms with Gasteiger partial charge in [-0.05, 0) is 18.0 Å². The van der Waals surface area contributed by atoms with Crippen LogP contribution in [0.5, 0.6) is 0 Å². The molecule has 0 aromatic carbocycles. The van der Waals surface area contributed by atoms with E-state index in [4.69, 9.17) is 16.3 Å². The topological polar surface area (TPSA) is 63.2 Å². The molecule has 0 spiro atoms. The van der Waals surface area contributed by atoms with Gasteiger partial charge in [-0.2, -0.15) is 15.0 Å². The lowest BCUT2D eigenvalue weighted by atomic mass is 10.2. The van der Waals surface area contributed by atoms with Crippen molar-refractivity contribution in [3.05, 3.63) is 5.28 Å². The van der Waals surface area contributed by atoms with E-state index in [0.717, 1.165) is 13.0 Å². The first kappa shape index (κ1) is 12.3. The van der Waals surface area contributed by atoms with Gasteiger partial charge in [0.2, 0.25) is 17.2 Å². The Morgan fingerprint density at radius 1 is 1.47 bits per heavy atom. The average Bonchev–Trinajstić information content (AvgIpc) is 2.37. The van der Waals surface area contributed by atoms with Crippen LogP contribution in [0.4, 0.5) is 11.9 Å². The normalized spacial score (nSPS) is 20.4. The number of hydrogen-bond acceptors (Lipinski definition) is 6. The molecule has 0 amide bonds. The van der Waals surface area contributed by atoms with Gasteiger partial charge in [-0.3, -0.25) is 0 Å². The minimum atomic E-state index is 0.209. The van der Waals surface area contributed by atoms with Crippen molar-refractivity contribution in [3.63, 3.8) is 0 Å². The third-order valence-corrected chi connectivity index (χ3v) is 2.94. The summed E-state index contributed by atoms with van der Waals surface area (Å²) in [5, 5.41) is 3.08. The molecule has 94 valence electrons. The molecule has 1 N–H and O–H groups in total. The average molecular weight is 258 g/mol. The van der Waals surface area contributed by atoms with E-state index in [1.54, 1.807) is 7.05 Å². The highest BCUT2D eigenvalue weighted by atomic mass is 35.5. The zero-order chi connectivity index (χ0) is 12.3. The van der Waals surface area contributed by atoms with E-state index in [1.807, 2.05) is 0 Å². The second-order valence-corrected chi connectivity index (χ2v) is 4.15. The molecule has 2 rings (SSSR count). The molecule has 17 heavy (non-hydrogen) atoms. The number of nitrogens with zero attached hydrogens (tertiary/aromatic N) is 4. The third-order valence-electron chi connectivity index (χ3n) is 2.78. The summed E-state index contributed by atoms with van der Waals surface area (Å²) in [5.41, 5.74) is 0. The maximum Gasteiger partial charge on any atom is 0.231 e. The molecular weight excluding hydrogens is 242 g/mol. The van der Waals surface area contributed by atoms with Crippen molar-refractivity contribution in [1.29, 1.82) is 0 Å². The first-order chi connectivity index (χ1) is 8.24. The molecule has 1 aromatic heterocycles. The summed E-state index contributed by atoms with van der Waals surface area (Å²) in [7, 11) is 1.76. The van der Waals surface area contributed by atoms with Crippen molar-refractivity contribution < 1.29 is 4.74 Å². The summed E-state index contributed by atoms with van der Waals surface area (Å²) in [4.78, 5) is 14.6. The van der Waals surface area contributed by atoms with Crippen LogP contribution >= 0.6 is 11.6 Å². The number of nitrogens with one attached hydrogen (secondary N) is 1. The number of morpholine rings is 1. The summed E-state index contributed by atoms with van der Waals surface area (Å²) < 4.78 is 5.45. The zero-order valence-corrected chi connectivity index (χ0v) is 10.7. The molecule has 2 heterocycles. The number of ether oxygens (including phenoxy) is 1. The highest BCUT2D eigenvalue weighted by Crippen LogP contribution is 2.19. The van der Waals surface area contributed by atoms with Crippen molar-refractivity contribution in [1.82, 2.24) is 15.0 Å². The Morgan fingerprint density at radius 2 is 2.29 bits per heavy atom. The van der Waals surface area contributed by atoms with Gasteiger partial charge < -0.3 is 15.0 Å². The van der Waals surface area contributed by atoms with Gasteiger partial charge in [0.25, 0.3) is 0 Å². The van der Waals surface area contributed by atoms with Crippen LogP contribution in [-0.2, 0) is 4.74 Å². The quantitative estimate of drug-likeness (QED) is 0.877. The van der Waals surface area contributed by atoms with Gasteiger partial charge in [0.15, 0.2) is 0 Å². The van der Waals surface area contributed by atoms with Gasteiger partial charge in [-0.15, -0.1) is 0 Å². The molecule has 1 aliphatic heterocycles. The fraction of sp³-hybridized carbons (Fsp3) is 0.700. The highest BCUT2D eigenvalue weighted by molar-refractivity contribution is 6.28. The standard InChI is InChI=1S/C10H16ClN5O/c1-3-7-6-17-5-4-16(7)10-14-8(11)13-9(12-2)15-10/h7H,3-6H2,1-2H3,(H,12,13,14,15). The lowest BCUT2D eigenvalue weighted by Gasteiger charge is -2.35. The van der Waals surface area contributed by atoms with Crippen LogP contribution in [-0.4, -0.2) is 47.8 Å². The molecule has 7 heteroatoms. The molecule has 1 fully saturated rings. The zero-order valence-electron chi connectivity index (χ0n) is 9.98. The minimum absolute atomic E-state index is 0.209. The van der Waals surface area contributed by atoms with E-state index in [2.05, 4.69) is 32.1 Å². The first-order valence-electron chi connectivity index (χ1n) is 5.68. The summed E-state index contributed by atoms with van der Waals surface area (Å²) >= 11 is 5.88. The Labute approximate surface area is 105 Å². The molecule has 1 atom stereocenters. The van der Waals surface area contributed by atoms with Crippen molar-refractivity contribution >= 4 is 23.5 Å². The van der Waals surface area contributed by atoms with E-state index >= 15 is 0 Å². The maximum absolute atomic E-state index is 5.88. The van der Waals surface area contributed by atoms with Gasteiger partial charge >= 0.3 is 0 Å². The van der Waals surface area contributed by atoms with Crippen LogP contribution in [0.3, 0.4) is 0 Å². The third kappa shape index (κ3) is 2.76. The van der Waals surface area contributed by atoms with Crippen LogP contribution < -0.4 is 10.2 Å². The fourth-order valence-electron chi connectivity index (χ4n) is 1.84. The second kappa shape index (κ2) is 5.46. The van der Waals surface area contributed by atoms with E-state index in [1.165, 1.54) is 0 Å². The Hall–Kier alpha value is -1.14. The second-order valence-electron chi connectivity index (χ2n) is 3.81. The largest absolute Gasteiger partial charge is 0.377 e. The Kier molecular flexibility index (Phi) is 3.96. The summed E-state index contributed by atoms with van der Waals surface area (Å²) in [6, 6.07) is 0.298. The molecule has 1 aromatic rings. The fourth-order valence-corrected chi connectivity index (χ4v) is 1.99. The SMILES string of the molecule is CCC1COCCN1c1nc(Cl)nc(NC)n1. The van der Waals surface area contributed by atoms with Crippen LogP contribution in [0, 0.1) is 0 Å². The van der Waals surface area contributed by atoms with Crippen LogP contribution in [0.25, 0.3) is 0 Å². The van der Waals surface area contributed by atoms with Crippen LogP contribution in [0.1, 0.15) is 13.3 Å². The predicted molar refractivity (Wildman–Crippen MR) is 66.6 cm³/mol. The highest BCUT2D eigenvalue weighted by Gasteiger charge is 2.24. The van der Waals surface area contributed by atoms with Crippen LogP contribution in [0.15, 0.2) is 0 Å². The van der Waals surface area contributed by atoms with E-state index in [9.17, 15) is 0 Å². The number of rotatable bonds is 3. The molecule has 1 unspecified atom stereocenters. The van der Waals surface area contributed by atoms with Gasteiger partial charge in [-0.1, -0.05) is 6.92 Å². The van der Waals surface area contributed by atoms with Gasteiger partial charge in [-0.25, -0.2) is 0 Å². The molecule has 0 bridgehead atoms. The van der Waals surface area contributed by atoms with Gasteiger partial charge in [0.1, 0.15) is 0 Å². The summed E-state index contributed by atoms with van der Waals surface area (Å²) in [6.45, 7) is 4.29. The molecular formula is C10H16ClN5O. The Morgan fingerprint density at radius 3 is 3.00 bits per heavy atom. The van der Waals surface area contributed by atoms with E-state index < -0.39 is 0 Å². The van der Waals surface area contributed by atoms with Gasteiger partial charge in [0.05, 0.1) is 19.3 Å². The number of anilines is 2. The molecule has 0 saturated carbocycles. The lowest BCUT2D eigenvalue weighted by Crippen LogP contribution is -2.46. The van der Waals surface area contributed by atoms with Crippen LogP contribution in [0.2, 0.25) is 5.28 Å². The van der Waals surface area contributed by atoms with Crippen molar-refractivity contribution in [2.24, 2.45) is 0 Å². The number of aromatic nitrogens is 3. The molecule has 6 nitrogen and oxygen atoms in total. The molecule has 0 aliphatic carbocycles. The summed E-state index contributed by atoms with van der Waals surface area (Å²) in [6.07, 6.45) is 0.984. The number of hydrogen-bond donors (Lipinski definition) is 1. The monoisotopic (exact) mass is 257 g/mol. The van der Waals surface area contributed by atoms with Crippen molar-refractivity contribution in [3.8, 4) is 0 Å². The smallest absolute Gasteiger partial charge is 0.231 e. The molecule has 1 aliphatic rings.